The molecule has 1 unspecified atom stereocenters. The lowest BCUT2D eigenvalue weighted by molar-refractivity contribution is 0.597. The zero-order valence-electron chi connectivity index (χ0n) is 10.2. The summed E-state index contributed by atoms with van der Waals surface area (Å²) in [6.07, 6.45) is 0. The van der Waals surface area contributed by atoms with E-state index in [4.69, 9.17) is 0 Å². The fraction of sp³-hybridized carbons (Fsp3) is 0.429. The van der Waals surface area contributed by atoms with Gasteiger partial charge < -0.3 is 5.32 Å². The number of nitrogens with one attached hydrogen (secondary N) is 1. The predicted molar refractivity (Wildman–Crippen MR) is 72.7 cm³/mol. The summed E-state index contributed by atoms with van der Waals surface area (Å²) in [5, 5.41) is 3.42. The van der Waals surface area contributed by atoms with Gasteiger partial charge in [-0.25, -0.2) is 0 Å². The second-order valence-corrected chi connectivity index (χ2v) is 4.62. The van der Waals surface area contributed by atoms with E-state index in [-0.39, 0.29) is 0 Å². The van der Waals surface area contributed by atoms with E-state index in [0.717, 1.165) is 12.3 Å². The molecule has 0 aliphatic rings. The van der Waals surface area contributed by atoms with Gasteiger partial charge in [0.1, 0.15) is 0 Å². The minimum atomic E-state index is 0.419. The zero-order valence-corrected chi connectivity index (χ0v) is 11.0. The lowest BCUT2D eigenvalue weighted by Gasteiger charge is -2.13. The second kappa shape index (κ2) is 7.38. The van der Waals surface area contributed by atoms with Gasteiger partial charge in [-0.05, 0) is 38.1 Å². The molecule has 0 amide bonds. The van der Waals surface area contributed by atoms with Crippen molar-refractivity contribution in [3.8, 4) is 11.8 Å². The number of thioether (sulfide) groups is 1. The van der Waals surface area contributed by atoms with Gasteiger partial charge in [0.05, 0.1) is 5.75 Å². The van der Waals surface area contributed by atoms with Gasteiger partial charge in [-0.3, -0.25) is 0 Å². The highest BCUT2D eigenvalue weighted by Gasteiger charge is 2.03. The topological polar surface area (TPSA) is 12.0 Å². The maximum absolute atomic E-state index is 3.42. The van der Waals surface area contributed by atoms with Crippen LogP contribution in [0.25, 0.3) is 0 Å². The molecule has 2 heteroatoms. The lowest BCUT2D eigenvalue weighted by Crippen LogP contribution is -2.17. The Kier molecular flexibility index (Phi) is 6.07. The summed E-state index contributed by atoms with van der Waals surface area (Å²) >= 11 is 1.79. The first-order valence-electron chi connectivity index (χ1n) is 5.63. The van der Waals surface area contributed by atoms with Crippen molar-refractivity contribution in [3.63, 3.8) is 0 Å². The van der Waals surface area contributed by atoms with E-state index in [9.17, 15) is 0 Å². The van der Waals surface area contributed by atoms with Gasteiger partial charge in [0.2, 0.25) is 0 Å². The Bertz CT molecular complexity index is 376. The average Bonchev–Trinajstić information content (AvgIpc) is 2.30. The minimum Gasteiger partial charge on any atom is -0.310 e. The monoisotopic (exact) mass is 233 g/mol. The van der Waals surface area contributed by atoms with Crippen LogP contribution < -0.4 is 5.32 Å². The average molecular weight is 233 g/mol. The van der Waals surface area contributed by atoms with E-state index in [2.05, 4.69) is 55.3 Å². The minimum absolute atomic E-state index is 0.419. The fourth-order valence-electron chi connectivity index (χ4n) is 1.49. The van der Waals surface area contributed by atoms with Crippen LogP contribution >= 0.6 is 11.8 Å². The van der Waals surface area contributed by atoms with Gasteiger partial charge in [-0.2, -0.15) is 0 Å². The number of hydrogen-bond acceptors (Lipinski definition) is 2. The molecule has 1 N–H and O–H groups in total. The van der Waals surface area contributed by atoms with Crippen LogP contribution in [0.3, 0.4) is 0 Å². The van der Waals surface area contributed by atoms with Crippen LogP contribution in [0.5, 0.6) is 0 Å². The number of rotatable bonds is 5. The van der Waals surface area contributed by atoms with E-state index < -0.39 is 0 Å². The van der Waals surface area contributed by atoms with Crippen LogP contribution in [0.4, 0.5) is 0 Å². The highest BCUT2D eigenvalue weighted by atomic mass is 32.2. The normalized spacial score (nSPS) is 11.7. The van der Waals surface area contributed by atoms with Crippen molar-refractivity contribution in [1.29, 1.82) is 0 Å². The van der Waals surface area contributed by atoms with E-state index in [1.54, 1.807) is 11.8 Å². The molecule has 1 atom stereocenters. The first kappa shape index (κ1) is 13.2. The van der Waals surface area contributed by atoms with E-state index >= 15 is 0 Å². The van der Waals surface area contributed by atoms with Crippen molar-refractivity contribution in [2.75, 3.05) is 12.3 Å². The van der Waals surface area contributed by atoms with Crippen LogP contribution in [0.2, 0.25) is 0 Å². The van der Waals surface area contributed by atoms with Gasteiger partial charge >= 0.3 is 0 Å². The number of benzene rings is 1. The van der Waals surface area contributed by atoms with Gasteiger partial charge in [-0.15, -0.1) is 17.7 Å². The Hall–Kier alpha value is -0.910. The van der Waals surface area contributed by atoms with E-state index in [1.807, 2.05) is 6.92 Å². The summed E-state index contributed by atoms with van der Waals surface area (Å²) in [7, 11) is 0. The smallest absolute Gasteiger partial charge is 0.0594 e. The molecular weight excluding hydrogens is 214 g/mol. The lowest BCUT2D eigenvalue weighted by atomic mass is 10.1. The van der Waals surface area contributed by atoms with Crippen LogP contribution in [0, 0.1) is 11.8 Å². The molecule has 0 saturated carbocycles. The van der Waals surface area contributed by atoms with Crippen molar-refractivity contribution < 1.29 is 0 Å². The molecule has 1 nitrogen and oxygen atoms in total. The molecule has 0 fully saturated rings. The largest absolute Gasteiger partial charge is 0.310 e. The molecule has 0 aliphatic carbocycles. The molecular formula is C14H19NS. The zero-order chi connectivity index (χ0) is 11.8. The van der Waals surface area contributed by atoms with Crippen molar-refractivity contribution in [1.82, 2.24) is 5.32 Å². The Morgan fingerprint density at radius 3 is 2.94 bits per heavy atom. The van der Waals surface area contributed by atoms with Gasteiger partial charge in [-0.1, -0.05) is 25.0 Å². The molecule has 1 aromatic carbocycles. The van der Waals surface area contributed by atoms with Crippen LogP contribution in [0.15, 0.2) is 29.2 Å². The van der Waals surface area contributed by atoms with Crippen LogP contribution in [-0.2, 0) is 0 Å². The SMILES string of the molecule is CC#CCSc1cccc(C(C)NCC)c1. The first-order chi connectivity index (χ1) is 7.77. The molecule has 0 aromatic heterocycles. The third-order valence-corrected chi connectivity index (χ3v) is 3.23. The van der Waals surface area contributed by atoms with Gasteiger partial charge in [0, 0.05) is 10.9 Å². The molecule has 86 valence electrons. The Balaban J connectivity index is 2.65. The van der Waals surface area contributed by atoms with Crippen molar-refractivity contribution >= 4 is 11.8 Å². The summed E-state index contributed by atoms with van der Waals surface area (Å²) in [6.45, 7) is 7.20. The molecule has 0 aliphatic heterocycles. The Labute approximate surface area is 103 Å². The maximum Gasteiger partial charge on any atom is 0.0594 e. The van der Waals surface area contributed by atoms with Crippen molar-refractivity contribution in [3.05, 3.63) is 29.8 Å². The third kappa shape index (κ3) is 4.30. The highest BCUT2D eigenvalue weighted by molar-refractivity contribution is 7.99. The molecule has 1 aromatic rings. The van der Waals surface area contributed by atoms with Crippen molar-refractivity contribution in [2.45, 2.75) is 31.7 Å². The van der Waals surface area contributed by atoms with Gasteiger partial charge in [0.15, 0.2) is 0 Å². The summed E-state index contributed by atoms with van der Waals surface area (Å²) in [4.78, 5) is 1.30. The standard InChI is InChI=1S/C14H19NS/c1-4-6-10-16-14-9-7-8-13(11-14)12(3)15-5-2/h7-9,11-12,15H,5,10H2,1-3H3. The molecule has 0 heterocycles. The highest BCUT2D eigenvalue weighted by Crippen LogP contribution is 2.21. The molecule has 0 spiro atoms. The van der Waals surface area contributed by atoms with E-state index in [0.29, 0.717) is 6.04 Å². The van der Waals surface area contributed by atoms with E-state index in [1.165, 1.54) is 10.5 Å². The number of hydrogen-bond donors (Lipinski definition) is 1. The van der Waals surface area contributed by atoms with Gasteiger partial charge in [0.25, 0.3) is 0 Å². The summed E-state index contributed by atoms with van der Waals surface area (Å²) in [6, 6.07) is 9.09. The van der Waals surface area contributed by atoms with Crippen LogP contribution in [0.1, 0.15) is 32.4 Å². The summed E-state index contributed by atoms with van der Waals surface area (Å²) in [5.74, 6) is 6.85. The molecule has 0 bridgehead atoms. The molecule has 16 heavy (non-hydrogen) atoms. The predicted octanol–water partition coefficient (Wildman–Crippen LogP) is 3.47. The fourth-order valence-corrected chi connectivity index (χ4v) is 2.27. The quantitative estimate of drug-likeness (QED) is 0.617. The third-order valence-electron chi connectivity index (χ3n) is 2.36. The maximum atomic E-state index is 3.42. The Morgan fingerprint density at radius 1 is 1.44 bits per heavy atom. The first-order valence-corrected chi connectivity index (χ1v) is 6.62. The Morgan fingerprint density at radius 2 is 2.25 bits per heavy atom. The molecule has 1 rings (SSSR count). The summed E-state index contributed by atoms with van der Waals surface area (Å²) < 4.78 is 0. The van der Waals surface area contributed by atoms with Crippen LogP contribution in [-0.4, -0.2) is 12.3 Å². The van der Waals surface area contributed by atoms with Crippen molar-refractivity contribution in [2.24, 2.45) is 0 Å². The summed E-state index contributed by atoms with van der Waals surface area (Å²) in [5.41, 5.74) is 1.34. The molecule has 0 saturated heterocycles. The molecule has 0 radical (unpaired) electrons. The second-order valence-electron chi connectivity index (χ2n) is 3.57.